The third-order valence-corrected chi connectivity index (χ3v) is 6.50. The lowest BCUT2D eigenvalue weighted by molar-refractivity contribution is 0.271. The zero-order valence-corrected chi connectivity index (χ0v) is 18.7. The number of aryl methyl sites for hydroxylation is 1. The van der Waals surface area contributed by atoms with E-state index in [1.165, 1.54) is 24.9 Å². The van der Waals surface area contributed by atoms with E-state index < -0.39 is 0 Å². The molecule has 4 rings (SSSR count). The molecule has 2 aromatic rings. The average Bonchev–Trinajstić information content (AvgIpc) is 2.81. The lowest BCUT2D eigenvalue weighted by Gasteiger charge is -2.35. The normalized spacial score (nSPS) is 17.9. The zero-order valence-electron chi connectivity index (χ0n) is 18.7. The molecule has 1 aliphatic carbocycles. The number of aromatic nitrogens is 2. The molecule has 0 unspecified atom stereocenters. The van der Waals surface area contributed by atoms with E-state index >= 15 is 0 Å². The molecule has 2 N–H and O–H groups in total. The van der Waals surface area contributed by atoms with Gasteiger partial charge in [0.25, 0.3) is 0 Å². The number of piperazine rings is 1. The SMILES string of the molecule is CCN1CCN(c2ccc(Nc3ncc(C#N)c(NC4CCCCC4)n3)c(C)c2)CC1. The summed E-state index contributed by atoms with van der Waals surface area (Å²) < 4.78 is 0. The minimum atomic E-state index is 0.387. The Morgan fingerprint density at radius 3 is 2.58 bits per heavy atom. The lowest BCUT2D eigenvalue weighted by atomic mass is 9.95. The summed E-state index contributed by atoms with van der Waals surface area (Å²) in [5.41, 5.74) is 3.91. The highest BCUT2D eigenvalue weighted by molar-refractivity contribution is 5.65. The first-order chi connectivity index (χ1) is 15.2. The molecular formula is C24H33N7. The summed E-state index contributed by atoms with van der Waals surface area (Å²) in [5, 5.41) is 16.3. The van der Waals surface area contributed by atoms with Crippen LogP contribution in [0.4, 0.5) is 23.1 Å². The number of nitrogens with zero attached hydrogens (tertiary/aromatic N) is 5. The molecule has 0 radical (unpaired) electrons. The second-order valence-corrected chi connectivity index (χ2v) is 8.59. The molecule has 7 nitrogen and oxygen atoms in total. The average molecular weight is 420 g/mol. The van der Waals surface area contributed by atoms with Gasteiger partial charge in [0.15, 0.2) is 0 Å². The molecule has 0 atom stereocenters. The fourth-order valence-corrected chi connectivity index (χ4v) is 4.50. The Labute approximate surface area is 185 Å². The van der Waals surface area contributed by atoms with Gasteiger partial charge in [-0.1, -0.05) is 26.2 Å². The molecule has 1 aliphatic heterocycles. The van der Waals surface area contributed by atoms with Crippen LogP contribution in [0, 0.1) is 18.3 Å². The third kappa shape index (κ3) is 5.26. The maximum Gasteiger partial charge on any atom is 0.229 e. The van der Waals surface area contributed by atoms with Crippen LogP contribution in [-0.4, -0.2) is 53.6 Å². The first-order valence-corrected chi connectivity index (χ1v) is 11.5. The van der Waals surface area contributed by atoms with Crippen LogP contribution in [0.25, 0.3) is 0 Å². The summed E-state index contributed by atoms with van der Waals surface area (Å²) >= 11 is 0. The summed E-state index contributed by atoms with van der Waals surface area (Å²) in [4.78, 5) is 13.9. The van der Waals surface area contributed by atoms with Crippen molar-refractivity contribution in [1.82, 2.24) is 14.9 Å². The number of hydrogen-bond donors (Lipinski definition) is 2. The highest BCUT2D eigenvalue weighted by Gasteiger charge is 2.18. The number of hydrogen-bond acceptors (Lipinski definition) is 7. The Hall–Kier alpha value is -2.85. The van der Waals surface area contributed by atoms with Crippen molar-refractivity contribution in [2.75, 3.05) is 48.3 Å². The monoisotopic (exact) mass is 419 g/mol. The number of nitrogens with one attached hydrogen (secondary N) is 2. The second-order valence-electron chi connectivity index (χ2n) is 8.59. The van der Waals surface area contributed by atoms with Crippen LogP contribution < -0.4 is 15.5 Å². The molecule has 1 aromatic carbocycles. The van der Waals surface area contributed by atoms with Gasteiger partial charge in [0.1, 0.15) is 17.5 Å². The Morgan fingerprint density at radius 2 is 1.90 bits per heavy atom. The van der Waals surface area contributed by atoms with E-state index in [9.17, 15) is 5.26 Å². The largest absolute Gasteiger partial charge is 0.369 e. The van der Waals surface area contributed by atoms with Gasteiger partial charge in [0.2, 0.25) is 5.95 Å². The summed E-state index contributed by atoms with van der Waals surface area (Å²) in [6.45, 7) is 9.82. The maximum absolute atomic E-state index is 9.46. The predicted molar refractivity (Wildman–Crippen MR) is 126 cm³/mol. The molecule has 164 valence electrons. The predicted octanol–water partition coefficient (Wildman–Crippen LogP) is 4.29. The number of nitriles is 1. The fourth-order valence-electron chi connectivity index (χ4n) is 4.50. The van der Waals surface area contributed by atoms with Crippen LogP contribution in [-0.2, 0) is 0 Å². The van der Waals surface area contributed by atoms with Crippen molar-refractivity contribution in [3.63, 3.8) is 0 Å². The number of benzene rings is 1. The third-order valence-electron chi connectivity index (χ3n) is 6.50. The molecule has 2 fully saturated rings. The van der Waals surface area contributed by atoms with Crippen molar-refractivity contribution < 1.29 is 0 Å². The molecule has 7 heteroatoms. The second kappa shape index (κ2) is 9.97. The Bertz CT molecular complexity index is 922. The van der Waals surface area contributed by atoms with Crippen LogP contribution in [0.3, 0.4) is 0 Å². The van der Waals surface area contributed by atoms with Gasteiger partial charge < -0.3 is 20.4 Å². The Kier molecular flexibility index (Phi) is 6.88. The minimum absolute atomic E-state index is 0.387. The molecule has 1 aromatic heterocycles. The van der Waals surface area contributed by atoms with Crippen LogP contribution in [0.5, 0.6) is 0 Å². The molecule has 2 aliphatic rings. The number of likely N-dealkylation sites (N-methyl/N-ethyl adjacent to an activating group) is 1. The van der Waals surface area contributed by atoms with E-state index in [4.69, 9.17) is 0 Å². The molecule has 31 heavy (non-hydrogen) atoms. The highest BCUT2D eigenvalue weighted by atomic mass is 15.3. The first-order valence-electron chi connectivity index (χ1n) is 11.5. The van der Waals surface area contributed by atoms with Gasteiger partial charge in [0.05, 0.1) is 6.20 Å². The number of anilines is 4. The van der Waals surface area contributed by atoms with Crippen LogP contribution in [0.15, 0.2) is 24.4 Å². The van der Waals surface area contributed by atoms with Crippen LogP contribution in [0.2, 0.25) is 0 Å². The highest BCUT2D eigenvalue weighted by Crippen LogP contribution is 2.27. The first kappa shape index (κ1) is 21.4. The van der Waals surface area contributed by atoms with E-state index in [1.807, 2.05) is 0 Å². The Morgan fingerprint density at radius 1 is 1.13 bits per heavy atom. The molecule has 1 saturated carbocycles. The van der Waals surface area contributed by atoms with E-state index in [0.717, 1.165) is 56.8 Å². The van der Waals surface area contributed by atoms with Crippen molar-refractivity contribution in [2.45, 2.75) is 52.0 Å². The molecular weight excluding hydrogens is 386 g/mol. The standard InChI is InChI=1S/C24H33N7/c1-3-30-11-13-31(14-12-30)21-9-10-22(18(2)15-21)28-24-26-17-19(16-25)23(29-24)27-20-7-5-4-6-8-20/h9-10,15,17,20H,3-8,11-14H2,1-2H3,(H2,26,27,28,29). The summed E-state index contributed by atoms with van der Waals surface area (Å²) in [5.74, 6) is 1.15. The van der Waals surface area contributed by atoms with E-state index in [0.29, 0.717) is 23.4 Å². The van der Waals surface area contributed by atoms with Gasteiger partial charge in [-0.15, -0.1) is 0 Å². The van der Waals surface area contributed by atoms with Crippen molar-refractivity contribution in [1.29, 1.82) is 5.26 Å². The van der Waals surface area contributed by atoms with Crippen LogP contribution >= 0.6 is 0 Å². The lowest BCUT2D eigenvalue weighted by Crippen LogP contribution is -2.46. The van der Waals surface area contributed by atoms with Gasteiger partial charge in [-0.25, -0.2) is 4.98 Å². The van der Waals surface area contributed by atoms with Gasteiger partial charge in [-0.05, 0) is 50.1 Å². The Balaban J connectivity index is 1.46. The smallest absolute Gasteiger partial charge is 0.229 e. The molecule has 0 amide bonds. The molecule has 1 saturated heterocycles. The van der Waals surface area contributed by atoms with E-state index in [1.54, 1.807) is 6.20 Å². The summed E-state index contributed by atoms with van der Waals surface area (Å²) in [7, 11) is 0. The van der Waals surface area contributed by atoms with Crippen LogP contribution in [0.1, 0.15) is 50.2 Å². The van der Waals surface area contributed by atoms with E-state index in [2.05, 4.69) is 68.5 Å². The fraction of sp³-hybridized carbons (Fsp3) is 0.542. The molecule has 0 bridgehead atoms. The zero-order chi connectivity index (χ0) is 21.6. The van der Waals surface area contributed by atoms with Crippen molar-refractivity contribution in [3.8, 4) is 6.07 Å². The van der Waals surface area contributed by atoms with Gasteiger partial charge in [-0.3, -0.25) is 0 Å². The summed E-state index contributed by atoms with van der Waals surface area (Å²) in [6, 6.07) is 9.10. The van der Waals surface area contributed by atoms with Gasteiger partial charge in [-0.2, -0.15) is 10.2 Å². The molecule has 2 heterocycles. The summed E-state index contributed by atoms with van der Waals surface area (Å²) in [6.07, 6.45) is 7.62. The topological polar surface area (TPSA) is 80.1 Å². The van der Waals surface area contributed by atoms with Gasteiger partial charge in [0, 0.05) is 43.6 Å². The quantitative estimate of drug-likeness (QED) is 0.723. The molecule has 0 spiro atoms. The minimum Gasteiger partial charge on any atom is -0.369 e. The number of rotatable bonds is 6. The maximum atomic E-state index is 9.46. The van der Waals surface area contributed by atoms with Crippen molar-refractivity contribution >= 4 is 23.1 Å². The van der Waals surface area contributed by atoms with Crippen molar-refractivity contribution in [2.24, 2.45) is 0 Å². The van der Waals surface area contributed by atoms with Gasteiger partial charge >= 0.3 is 0 Å². The van der Waals surface area contributed by atoms with E-state index in [-0.39, 0.29) is 0 Å². The van der Waals surface area contributed by atoms with Crippen molar-refractivity contribution in [3.05, 3.63) is 35.5 Å².